The monoisotopic (exact) mass is 523 g/mol. The van der Waals surface area contributed by atoms with Gasteiger partial charge in [0.25, 0.3) is 10.0 Å². The Labute approximate surface area is 206 Å². The van der Waals surface area contributed by atoms with Gasteiger partial charge in [-0.2, -0.15) is 21.6 Å². The number of hydrogen-bond donors (Lipinski definition) is 1. The van der Waals surface area contributed by atoms with Crippen LogP contribution in [0.15, 0.2) is 76.4 Å². The summed E-state index contributed by atoms with van der Waals surface area (Å²) in [5, 5.41) is 8.37. The lowest BCUT2D eigenvalue weighted by atomic mass is 10.1. The summed E-state index contributed by atoms with van der Waals surface area (Å²) in [5.41, 5.74) is 0.133. The van der Waals surface area contributed by atoms with Crippen LogP contribution < -0.4 is 9.04 Å². The number of carboxylic acid groups (broad SMARTS) is 1. The molecule has 0 fully saturated rings. The Kier molecular flexibility index (Phi) is 8.13. The average molecular weight is 524 g/mol. The average Bonchev–Trinajstić information content (AvgIpc) is 3.36. The van der Waals surface area contributed by atoms with Crippen molar-refractivity contribution in [2.75, 3.05) is 10.8 Å². The number of hydrogen-bond acceptors (Lipinski definition) is 5. The number of benzene rings is 2. The Balaban J connectivity index is 1.99. The van der Waals surface area contributed by atoms with Crippen molar-refractivity contribution < 1.29 is 40.6 Å². The topological polar surface area (TPSA) is 97.0 Å². The number of carbonyl (C=O) groups is 1. The quantitative estimate of drug-likeness (QED) is 0.336. The minimum atomic E-state index is -4.67. The molecule has 3 aromatic rings. The van der Waals surface area contributed by atoms with Gasteiger partial charge in [0.2, 0.25) is 5.09 Å². The molecule has 0 aliphatic heterocycles. The SMILES string of the molecule is CC(C)CN(c1ccc(C(F)(F)F)cc1OCc1ccc(/C=C/C(=O)O)cc1)S(=O)(=O)c1ccco1. The predicted molar refractivity (Wildman–Crippen MR) is 127 cm³/mol. The first-order valence-corrected chi connectivity index (χ1v) is 12.2. The molecule has 0 saturated carbocycles. The highest BCUT2D eigenvalue weighted by atomic mass is 32.2. The number of ether oxygens (including phenoxy) is 1. The Morgan fingerprint density at radius 3 is 2.39 bits per heavy atom. The van der Waals surface area contributed by atoms with E-state index in [1.54, 1.807) is 38.1 Å². The number of alkyl halides is 3. The number of sulfonamides is 1. The molecule has 192 valence electrons. The van der Waals surface area contributed by atoms with Crippen molar-refractivity contribution in [1.82, 2.24) is 0 Å². The highest BCUT2D eigenvalue weighted by Crippen LogP contribution is 2.39. The van der Waals surface area contributed by atoms with E-state index < -0.39 is 27.7 Å². The molecule has 7 nitrogen and oxygen atoms in total. The van der Waals surface area contributed by atoms with Gasteiger partial charge in [-0.3, -0.25) is 4.31 Å². The van der Waals surface area contributed by atoms with Crippen LogP contribution in [0.4, 0.5) is 18.9 Å². The first-order chi connectivity index (χ1) is 16.9. The highest BCUT2D eigenvalue weighted by Gasteiger charge is 2.34. The standard InChI is InChI=1S/C25H24F3NO6S/c1-17(2)15-29(36(32,33)24-4-3-13-34-24)21-11-10-20(25(26,27)28)14-22(21)35-16-19-7-5-18(6-8-19)9-12-23(30)31/h3-14,17H,15-16H2,1-2H3,(H,30,31)/b12-9+. The fourth-order valence-corrected chi connectivity index (χ4v) is 4.79. The number of aliphatic carboxylic acids is 1. The largest absolute Gasteiger partial charge is 0.487 e. The summed E-state index contributed by atoms with van der Waals surface area (Å²) in [6.45, 7) is 3.36. The van der Waals surface area contributed by atoms with Crippen LogP contribution >= 0.6 is 0 Å². The number of anilines is 1. The zero-order valence-corrected chi connectivity index (χ0v) is 20.2. The maximum absolute atomic E-state index is 13.5. The van der Waals surface area contributed by atoms with Gasteiger partial charge in [0.05, 0.1) is 17.5 Å². The van der Waals surface area contributed by atoms with Crippen LogP contribution in [0.3, 0.4) is 0 Å². The second-order valence-electron chi connectivity index (χ2n) is 8.24. The van der Waals surface area contributed by atoms with Crippen LogP contribution in [0.2, 0.25) is 0 Å². The van der Waals surface area contributed by atoms with E-state index in [1.807, 2.05) is 0 Å². The lowest BCUT2D eigenvalue weighted by Gasteiger charge is -2.27. The fraction of sp³-hybridized carbons (Fsp3) is 0.240. The van der Waals surface area contributed by atoms with E-state index in [0.717, 1.165) is 28.6 Å². The van der Waals surface area contributed by atoms with E-state index in [4.69, 9.17) is 14.3 Å². The minimum absolute atomic E-state index is 0.0324. The van der Waals surface area contributed by atoms with Crippen molar-refractivity contribution >= 4 is 27.8 Å². The van der Waals surface area contributed by atoms with Gasteiger partial charge >= 0.3 is 12.1 Å². The van der Waals surface area contributed by atoms with Gasteiger partial charge in [-0.15, -0.1) is 0 Å². The molecule has 0 bridgehead atoms. The van der Waals surface area contributed by atoms with Crippen LogP contribution in [0.5, 0.6) is 5.75 Å². The molecule has 0 saturated heterocycles. The van der Waals surface area contributed by atoms with Gasteiger partial charge < -0.3 is 14.3 Å². The van der Waals surface area contributed by atoms with Crippen LogP contribution in [0.1, 0.15) is 30.5 Å². The molecule has 3 rings (SSSR count). The summed E-state index contributed by atoms with van der Waals surface area (Å²) in [7, 11) is -4.23. The lowest BCUT2D eigenvalue weighted by Crippen LogP contribution is -2.34. The van der Waals surface area contributed by atoms with Crippen molar-refractivity contribution in [3.63, 3.8) is 0 Å². The van der Waals surface area contributed by atoms with E-state index >= 15 is 0 Å². The van der Waals surface area contributed by atoms with Crippen molar-refractivity contribution in [2.24, 2.45) is 5.92 Å². The summed E-state index contributed by atoms with van der Waals surface area (Å²) in [5.74, 6) is -1.54. The molecular formula is C25H24F3NO6S. The van der Waals surface area contributed by atoms with Gasteiger partial charge in [-0.05, 0) is 53.5 Å². The summed E-state index contributed by atoms with van der Waals surface area (Å²) in [6.07, 6.45) is -1.11. The van der Waals surface area contributed by atoms with Crippen LogP contribution in [0.25, 0.3) is 6.08 Å². The fourth-order valence-electron chi connectivity index (χ4n) is 3.24. The number of furan rings is 1. The van der Waals surface area contributed by atoms with E-state index in [0.29, 0.717) is 11.1 Å². The summed E-state index contributed by atoms with van der Waals surface area (Å²) >= 11 is 0. The first-order valence-electron chi connectivity index (χ1n) is 10.8. The second kappa shape index (κ2) is 10.9. The Morgan fingerprint density at radius 2 is 1.83 bits per heavy atom. The molecule has 0 radical (unpaired) electrons. The molecule has 2 aromatic carbocycles. The van der Waals surface area contributed by atoms with Gasteiger partial charge in [0, 0.05) is 12.6 Å². The Bertz CT molecular complexity index is 1310. The maximum Gasteiger partial charge on any atom is 0.416 e. The molecule has 0 amide bonds. The zero-order chi connectivity index (χ0) is 26.5. The molecule has 0 atom stereocenters. The number of rotatable bonds is 10. The molecule has 0 aliphatic carbocycles. The van der Waals surface area contributed by atoms with E-state index in [2.05, 4.69) is 0 Å². The maximum atomic E-state index is 13.5. The third-order valence-corrected chi connectivity index (χ3v) is 6.59. The van der Waals surface area contributed by atoms with Crippen molar-refractivity contribution in [1.29, 1.82) is 0 Å². The summed E-state index contributed by atoms with van der Waals surface area (Å²) in [6, 6.07) is 11.8. The van der Waals surface area contributed by atoms with Gasteiger partial charge in [-0.25, -0.2) is 4.79 Å². The molecular weight excluding hydrogens is 499 g/mol. The van der Waals surface area contributed by atoms with Crippen LogP contribution in [-0.4, -0.2) is 26.0 Å². The normalized spacial score (nSPS) is 12.3. The van der Waals surface area contributed by atoms with Crippen LogP contribution in [0, 0.1) is 5.92 Å². The summed E-state index contributed by atoms with van der Waals surface area (Å²) < 4.78 is 78.7. The van der Waals surface area contributed by atoms with Crippen molar-refractivity contribution in [2.45, 2.75) is 31.7 Å². The molecule has 1 aromatic heterocycles. The van der Waals surface area contributed by atoms with Gasteiger partial charge in [0.15, 0.2) is 0 Å². The highest BCUT2D eigenvalue weighted by molar-refractivity contribution is 7.92. The molecule has 36 heavy (non-hydrogen) atoms. The molecule has 0 spiro atoms. The molecule has 1 heterocycles. The molecule has 0 aliphatic rings. The van der Waals surface area contributed by atoms with E-state index in [-0.39, 0.29) is 35.6 Å². The number of nitrogens with zero attached hydrogens (tertiary/aromatic N) is 1. The Morgan fingerprint density at radius 1 is 1.14 bits per heavy atom. The van der Waals surface area contributed by atoms with Crippen molar-refractivity contribution in [3.05, 3.63) is 83.6 Å². The van der Waals surface area contributed by atoms with Crippen molar-refractivity contribution in [3.8, 4) is 5.75 Å². The lowest BCUT2D eigenvalue weighted by molar-refractivity contribution is -0.137. The summed E-state index contributed by atoms with van der Waals surface area (Å²) in [4.78, 5) is 10.7. The minimum Gasteiger partial charge on any atom is -0.487 e. The molecule has 11 heteroatoms. The van der Waals surface area contributed by atoms with E-state index in [1.165, 1.54) is 24.5 Å². The Hall–Kier alpha value is -3.73. The third kappa shape index (κ3) is 6.69. The predicted octanol–water partition coefficient (Wildman–Crippen LogP) is 5.83. The second-order valence-corrected chi connectivity index (χ2v) is 10.0. The zero-order valence-electron chi connectivity index (χ0n) is 19.4. The molecule has 0 unspecified atom stereocenters. The van der Waals surface area contributed by atoms with Gasteiger partial charge in [-0.1, -0.05) is 38.1 Å². The number of halogens is 3. The molecule has 1 N–H and O–H groups in total. The van der Waals surface area contributed by atoms with E-state index in [9.17, 15) is 26.4 Å². The first kappa shape index (κ1) is 26.9. The number of carboxylic acids is 1. The third-order valence-electron chi connectivity index (χ3n) is 4.92. The smallest absolute Gasteiger partial charge is 0.416 e. The van der Waals surface area contributed by atoms with Gasteiger partial charge in [0.1, 0.15) is 12.4 Å². The van der Waals surface area contributed by atoms with Crippen LogP contribution in [-0.2, 0) is 27.6 Å².